The minimum absolute atomic E-state index is 0.0436. The van der Waals surface area contributed by atoms with E-state index < -0.39 is 5.63 Å². The van der Waals surface area contributed by atoms with E-state index in [9.17, 15) is 9.90 Å². The van der Waals surface area contributed by atoms with Gasteiger partial charge in [-0.25, -0.2) is 4.79 Å². The summed E-state index contributed by atoms with van der Waals surface area (Å²) in [7, 11) is 0. The average Bonchev–Trinajstić information content (AvgIpc) is 2.50. The number of rotatable bonds is 8. The van der Waals surface area contributed by atoms with E-state index in [0.717, 1.165) is 12.8 Å². The highest BCUT2D eigenvalue weighted by Crippen LogP contribution is 2.33. The lowest BCUT2D eigenvalue weighted by Crippen LogP contribution is -2.08. The van der Waals surface area contributed by atoms with Crippen LogP contribution in [0.1, 0.15) is 26.2 Å². The van der Waals surface area contributed by atoms with Gasteiger partial charge in [0.1, 0.15) is 11.3 Å². The van der Waals surface area contributed by atoms with Gasteiger partial charge in [0.05, 0.1) is 18.6 Å². The topological polar surface area (TPSA) is 89.1 Å². The number of unbranched alkanes of at least 4 members (excludes halogenated alkanes) is 1. The molecule has 6 nitrogen and oxygen atoms in total. The summed E-state index contributed by atoms with van der Waals surface area (Å²) in [6.45, 7) is 2.76. The molecule has 1 aromatic heterocycles. The smallest absolute Gasteiger partial charge is 0.383 e. The highest BCUT2D eigenvalue weighted by molar-refractivity contribution is 5.86. The van der Waals surface area contributed by atoms with Crippen molar-refractivity contribution in [3.05, 3.63) is 28.6 Å². The van der Waals surface area contributed by atoms with Crippen LogP contribution in [-0.2, 0) is 0 Å². The Bertz CT molecular complexity index is 676. The maximum absolute atomic E-state index is 11.9. The number of fused-ring (bicyclic) bond motifs is 1. The minimum atomic E-state index is -0.714. The molecule has 22 heavy (non-hydrogen) atoms. The second-order valence-electron chi connectivity index (χ2n) is 4.85. The fourth-order valence-corrected chi connectivity index (χ4v) is 1.94. The summed E-state index contributed by atoms with van der Waals surface area (Å²) < 4.78 is 15.9. The first kappa shape index (κ1) is 16.2. The molecule has 2 aromatic rings. The van der Waals surface area contributed by atoms with Crippen molar-refractivity contribution in [2.24, 2.45) is 0 Å². The van der Waals surface area contributed by atoms with Crippen molar-refractivity contribution >= 4 is 11.0 Å². The monoisotopic (exact) mass is 308 g/mol. The maximum atomic E-state index is 11.9. The molecule has 0 amide bonds. The Morgan fingerprint density at radius 1 is 1.18 bits per heavy atom. The molecule has 0 unspecified atom stereocenters. The zero-order valence-corrected chi connectivity index (χ0v) is 12.5. The first-order valence-corrected chi connectivity index (χ1v) is 7.33. The molecule has 0 saturated carbocycles. The predicted octanol–water partition coefficient (Wildman–Crippen LogP) is 2.44. The molecule has 2 rings (SSSR count). The van der Waals surface area contributed by atoms with Crippen LogP contribution in [0.3, 0.4) is 0 Å². The Balaban J connectivity index is 2.28. The van der Waals surface area contributed by atoms with Gasteiger partial charge in [-0.3, -0.25) is 0 Å². The van der Waals surface area contributed by atoms with Crippen molar-refractivity contribution in [3.63, 3.8) is 0 Å². The average molecular weight is 308 g/mol. The quantitative estimate of drug-likeness (QED) is 0.575. The van der Waals surface area contributed by atoms with Crippen LogP contribution in [0, 0.1) is 0 Å². The van der Waals surface area contributed by atoms with Crippen LogP contribution in [0.15, 0.2) is 27.4 Å². The van der Waals surface area contributed by atoms with E-state index in [1.165, 1.54) is 6.07 Å². The Kier molecular flexibility index (Phi) is 5.66. The number of benzene rings is 1. The summed E-state index contributed by atoms with van der Waals surface area (Å²) in [6.07, 6.45) is 2.22. The normalized spacial score (nSPS) is 10.8. The zero-order valence-electron chi connectivity index (χ0n) is 12.5. The molecule has 120 valence electrons. The predicted molar refractivity (Wildman–Crippen MR) is 81.7 cm³/mol. The number of ether oxygens (including phenoxy) is 2. The Labute approximate surface area is 127 Å². The number of hydrogen-bond donors (Lipinski definition) is 2. The molecule has 0 aliphatic heterocycles. The van der Waals surface area contributed by atoms with Gasteiger partial charge in [-0.2, -0.15) is 0 Å². The summed E-state index contributed by atoms with van der Waals surface area (Å²) in [6, 6.07) is 4.80. The largest absolute Gasteiger partial charge is 0.504 e. The standard InChI is InChI=1S/C16H20O6/c1-2-3-8-21-15-14(18)12-6-5-11(20-9-4-7-17)10-13(12)22-16(15)19/h5-6,10,17-18H,2-4,7-9H2,1H3. The van der Waals surface area contributed by atoms with Crippen LogP contribution in [0.2, 0.25) is 0 Å². The van der Waals surface area contributed by atoms with E-state index in [0.29, 0.717) is 30.8 Å². The van der Waals surface area contributed by atoms with Crippen molar-refractivity contribution in [1.82, 2.24) is 0 Å². The van der Waals surface area contributed by atoms with Crippen LogP contribution in [-0.4, -0.2) is 30.0 Å². The lowest BCUT2D eigenvalue weighted by atomic mass is 10.2. The van der Waals surface area contributed by atoms with Gasteiger partial charge in [0.2, 0.25) is 5.75 Å². The number of aliphatic hydroxyl groups is 1. The third-order valence-corrected chi connectivity index (χ3v) is 3.13. The van der Waals surface area contributed by atoms with Crippen molar-refractivity contribution in [2.75, 3.05) is 19.8 Å². The fourth-order valence-electron chi connectivity index (χ4n) is 1.94. The van der Waals surface area contributed by atoms with Gasteiger partial charge in [0.15, 0.2) is 5.75 Å². The molecule has 0 aliphatic rings. The first-order valence-electron chi connectivity index (χ1n) is 7.33. The van der Waals surface area contributed by atoms with Crippen molar-refractivity contribution in [1.29, 1.82) is 0 Å². The van der Waals surface area contributed by atoms with E-state index in [1.807, 2.05) is 6.92 Å². The van der Waals surface area contributed by atoms with E-state index in [2.05, 4.69) is 0 Å². The van der Waals surface area contributed by atoms with E-state index >= 15 is 0 Å². The van der Waals surface area contributed by atoms with Gasteiger partial charge in [-0.05, 0) is 18.6 Å². The van der Waals surface area contributed by atoms with Crippen LogP contribution in [0.25, 0.3) is 11.0 Å². The van der Waals surface area contributed by atoms with Crippen LogP contribution < -0.4 is 15.1 Å². The van der Waals surface area contributed by atoms with Gasteiger partial charge in [-0.15, -0.1) is 0 Å². The van der Waals surface area contributed by atoms with Crippen LogP contribution in [0.5, 0.6) is 17.2 Å². The second kappa shape index (κ2) is 7.70. The molecule has 2 N–H and O–H groups in total. The Morgan fingerprint density at radius 2 is 1.95 bits per heavy atom. The Hall–Kier alpha value is -2.21. The van der Waals surface area contributed by atoms with Gasteiger partial charge in [0.25, 0.3) is 0 Å². The minimum Gasteiger partial charge on any atom is -0.504 e. The van der Waals surface area contributed by atoms with Gasteiger partial charge >= 0.3 is 5.63 Å². The van der Waals surface area contributed by atoms with Crippen LogP contribution in [0.4, 0.5) is 0 Å². The SMILES string of the molecule is CCCCOc1c(O)c2ccc(OCCCO)cc2oc1=O. The van der Waals surface area contributed by atoms with Gasteiger partial charge in [-0.1, -0.05) is 13.3 Å². The van der Waals surface area contributed by atoms with Gasteiger partial charge < -0.3 is 24.1 Å². The molecule has 0 saturated heterocycles. The molecule has 0 aliphatic carbocycles. The summed E-state index contributed by atoms with van der Waals surface area (Å²) in [4.78, 5) is 11.9. The highest BCUT2D eigenvalue weighted by atomic mass is 16.5. The molecule has 0 bridgehead atoms. The zero-order chi connectivity index (χ0) is 15.9. The third-order valence-electron chi connectivity index (χ3n) is 3.13. The van der Waals surface area contributed by atoms with Crippen LogP contribution >= 0.6 is 0 Å². The molecule has 0 radical (unpaired) electrons. The first-order chi connectivity index (χ1) is 10.7. The van der Waals surface area contributed by atoms with Crippen molar-refractivity contribution < 1.29 is 24.1 Å². The molecular weight excluding hydrogens is 288 g/mol. The third kappa shape index (κ3) is 3.71. The maximum Gasteiger partial charge on any atom is 0.383 e. The van der Waals surface area contributed by atoms with Gasteiger partial charge in [0, 0.05) is 19.1 Å². The van der Waals surface area contributed by atoms with Crippen molar-refractivity contribution in [3.8, 4) is 17.2 Å². The molecule has 6 heteroatoms. The van der Waals surface area contributed by atoms with E-state index in [1.54, 1.807) is 12.1 Å². The Morgan fingerprint density at radius 3 is 2.68 bits per heavy atom. The molecule has 0 atom stereocenters. The molecular formula is C16H20O6. The lowest BCUT2D eigenvalue weighted by molar-refractivity contribution is 0.233. The lowest BCUT2D eigenvalue weighted by Gasteiger charge is -2.09. The summed E-state index contributed by atoms with van der Waals surface area (Å²) in [5, 5.41) is 19.3. The molecule has 0 spiro atoms. The molecule has 0 fully saturated rings. The molecule has 1 aromatic carbocycles. The fraction of sp³-hybridized carbons (Fsp3) is 0.438. The summed E-state index contributed by atoms with van der Waals surface area (Å²) >= 11 is 0. The number of hydrogen-bond acceptors (Lipinski definition) is 6. The molecule has 1 heterocycles. The number of aromatic hydroxyl groups is 1. The summed E-state index contributed by atoms with van der Waals surface area (Å²) in [5.41, 5.74) is -0.486. The summed E-state index contributed by atoms with van der Waals surface area (Å²) in [5.74, 6) is 0.127. The second-order valence-corrected chi connectivity index (χ2v) is 4.85. The van der Waals surface area contributed by atoms with Crippen molar-refractivity contribution in [2.45, 2.75) is 26.2 Å². The highest BCUT2D eigenvalue weighted by Gasteiger charge is 2.15. The van der Waals surface area contributed by atoms with E-state index in [4.69, 9.17) is 19.0 Å². The van der Waals surface area contributed by atoms with E-state index in [-0.39, 0.29) is 23.7 Å². The number of aliphatic hydroxyl groups excluding tert-OH is 1.